The number of ether oxygens (including phenoxy) is 1. The van der Waals surface area contributed by atoms with Gasteiger partial charge in [-0.3, -0.25) is 14.5 Å². The molecule has 2 aliphatic heterocycles. The summed E-state index contributed by atoms with van der Waals surface area (Å²) in [6, 6.07) is 18.0. The number of imide groups is 1. The summed E-state index contributed by atoms with van der Waals surface area (Å²) in [5.41, 5.74) is 2.37. The van der Waals surface area contributed by atoms with E-state index in [9.17, 15) is 9.59 Å². The quantitative estimate of drug-likeness (QED) is 0.667. The summed E-state index contributed by atoms with van der Waals surface area (Å²) in [5, 5.41) is 0. The molecule has 0 unspecified atom stereocenters. The average molecular weight is 422 g/mol. The highest BCUT2D eigenvalue weighted by Gasteiger charge is 2.45. The Balaban J connectivity index is 1.24. The van der Waals surface area contributed by atoms with Gasteiger partial charge in [-0.05, 0) is 61.3 Å². The van der Waals surface area contributed by atoms with Gasteiger partial charge in [-0.2, -0.15) is 0 Å². The smallest absolute Gasteiger partial charge is 0.288 e. The number of amides is 2. The molecule has 1 atom stereocenters. The average Bonchev–Trinajstić information content (AvgIpc) is 3.09. The minimum absolute atomic E-state index is 0.00153. The number of hydrogen-bond donors (Lipinski definition) is 1. The molecular weight excluding hydrogens is 388 g/mol. The second kappa shape index (κ2) is 10.1. The molecule has 0 saturated carbocycles. The lowest BCUT2D eigenvalue weighted by atomic mass is 9.90. The van der Waals surface area contributed by atoms with Crippen LogP contribution in [0.25, 0.3) is 0 Å². The van der Waals surface area contributed by atoms with Gasteiger partial charge in [0.05, 0.1) is 33.2 Å². The molecule has 5 heteroatoms. The predicted molar refractivity (Wildman–Crippen MR) is 120 cm³/mol. The fourth-order valence-corrected chi connectivity index (χ4v) is 5.01. The van der Waals surface area contributed by atoms with Gasteiger partial charge in [0.2, 0.25) is 5.91 Å². The number of aryl methyl sites for hydroxylation is 1. The minimum Gasteiger partial charge on any atom is -0.497 e. The van der Waals surface area contributed by atoms with Crippen molar-refractivity contribution in [3.63, 3.8) is 0 Å². The second-order valence-corrected chi connectivity index (χ2v) is 8.90. The van der Waals surface area contributed by atoms with Crippen molar-refractivity contribution in [3.05, 3.63) is 65.7 Å². The monoisotopic (exact) mass is 421 g/mol. The first-order chi connectivity index (χ1) is 15.1. The molecule has 2 aromatic carbocycles. The zero-order chi connectivity index (χ0) is 21.6. The van der Waals surface area contributed by atoms with Gasteiger partial charge in [0.25, 0.3) is 5.91 Å². The SMILES string of the molecule is COc1ccc(CN2C(=O)C[C@H]([NH+]3CCC(CCCc4ccccc4)CC3)C2=O)cc1. The number of piperidine rings is 1. The number of carbonyl (C=O) groups is 2. The first-order valence-electron chi connectivity index (χ1n) is 11.5. The molecule has 164 valence electrons. The Bertz CT molecular complexity index is 873. The fraction of sp³-hybridized carbons (Fsp3) is 0.462. The van der Waals surface area contributed by atoms with Crippen LogP contribution < -0.4 is 9.64 Å². The van der Waals surface area contributed by atoms with Crippen LogP contribution in [0.5, 0.6) is 5.75 Å². The predicted octanol–water partition coefficient (Wildman–Crippen LogP) is 2.64. The van der Waals surface area contributed by atoms with Gasteiger partial charge in [-0.25, -0.2) is 0 Å². The van der Waals surface area contributed by atoms with Crippen LogP contribution in [-0.4, -0.2) is 43.0 Å². The summed E-state index contributed by atoms with van der Waals surface area (Å²) in [6.45, 7) is 2.35. The highest BCUT2D eigenvalue weighted by atomic mass is 16.5. The number of nitrogens with zero attached hydrogens (tertiary/aromatic N) is 1. The Hall–Kier alpha value is -2.66. The molecule has 0 radical (unpaired) electrons. The van der Waals surface area contributed by atoms with Gasteiger partial charge in [0.15, 0.2) is 6.04 Å². The van der Waals surface area contributed by atoms with Crippen molar-refractivity contribution in [2.75, 3.05) is 20.2 Å². The first kappa shape index (κ1) is 21.6. The number of methoxy groups -OCH3 is 1. The molecule has 2 fully saturated rings. The zero-order valence-electron chi connectivity index (χ0n) is 18.4. The summed E-state index contributed by atoms with van der Waals surface area (Å²) in [6.07, 6.45) is 6.28. The van der Waals surface area contributed by atoms with E-state index in [1.807, 2.05) is 24.3 Å². The standard InChI is InChI=1S/C26H32N2O3/c1-31-23-12-10-22(11-13-23)19-28-25(29)18-24(26(28)30)27-16-14-21(15-17-27)9-5-8-20-6-3-2-4-7-20/h2-4,6-7,10-13,21,24H,5,8-9,14-19H2,1H3/p+1/t24-/m0/s1. The number of rotatable bonds is 8. The van der Waals surface area contributed by atoms with Crippen LogP contribution in [-0.2, 0) is 22.6 Å². The summed E-state index contributed by atoms with van der Waals surface area (Å²) in [4.78, 5) is 28.3. The van der Waals surface area contributed by atoms with Gasteiger partial charge in [-0.15, -0.1) is 0 Å². The molecule has 0 aromatic heterocycles. The van der Waals surface area contributed by atoms with E-state index in [1.165, 1.54) is 28.2 Å². The van der Waals surface area contributed by atoms with Crippen molar-refractivity contribution in [2.45, 2.75) is 51.1 Å². The lowest BCUT2D eigenvalue weighted by Gasteiger charge is -2.32. The van der Waals surface area contributed by atoms with Crippen molar-refractivity contribution in [1.29, 1.82) is 0 Å². The highest BCUT2D eigenvalue weighted by Crippen LogP contribution is 2.21. The molecule has 2 saturated heterocycles. The lowest BCUT2D eigenvalue weighted by molar-refractivity contribution is -0.921. The van der Waals surface area contributed by atoms with Gasteiger partial charge in [0, 0.05) is 0 Å². The van der Waals surface area contributed by atoms with Gasteiger partial charge in [-0.1, -0.05) is 42.5 Å². The van der Waals surface area contributed by atoms with E-state index in [2.05, 4.69) is 30.3 Å². The Morgan fingerprint density at radius 2 is 1.68 bits per heavy atom. The van der Waals surface area contributed by atoms with Crippen molar-refractivity contribution >= 4 is 11.8 Å². The molecule has 5 nitrogen and oxygen atoms in total. The maximum Gasteiger partial charge on any atom is 0.288 e. The molecular formula is C26H33N2O3+. The molecule has 4 rings (SSSR count). The van der Waals surface area contributed by atoms with Crippen LogP contribution in [0.4, 0.5) is 0 Å². The van der Waals surface area contributed by atoms with Crippen molar-refractivity contribution in [1.82, 2.24) is 4.90 Å². The molecule has 31 heavy (non-hydrogen) atoms. The van der Waals surface area contributed by atoms with Crippen LogP contribution in [0, 0.1) is 5.92 Å². The molecule has 2 aliphatic rings. The molecule has 2 amide bonds. The Kier molecular flexibility index (Phi) is 7.03. The van der Waals surface area contributed by atoms with Gasteiger partial charge < -0.3 is 9.64 Å². The van der Waals surface area contributed by atoms with Crippen molar-refractivity contribution in [3.8, 4) is 5.75 Å². The number of quaternary nitrogens is 1. The molecule has 0 aliphatic carbocycles. The van der Waals surface area contributed by atoms with Crippen LogP contribution in [0.2, 0.25) is 0 Å². The maximum absolute atomic E-state index is 13.0. The van der Waals surface area contributed by atoms with Crippen LogP contribution in [0.1, 0.15) is 43.2 Å². The number of benzene rings is 2. The van der Waals surface area contributed by atoms with E-state index in [0.717, 1.165) is 49.6 Å². The summed E-state index contributed by atoms with van der Waals surface area (Å²) < 4.78 is 5.18. The van der Waals surface area contributed by atoms with E-state index in [4.69, 9.17) is 4.74 Å². The van der Waals surface area contributed by atoms with E-state index in [1.54, 1.807) is 7.11 Å². The summed E-state index contributed by atoms with van der Waals surface area (Å²) >= 11 is 0. The Labute approximate surface area is 185 Å². The molecule has 0 bridgehead atoms. The van der Waals surface area contributed by atoms with Crippen LogP contribution in [0.15, 0.2) is 54.6 Å². The zero-order valence-corrected chi connectivity index (χ0v) is 18.4. The normalized spacial score (nSPS) is 23.9. The van der Waals surface area contributed by atoms with Crippen molar-refractivity contribution < 1.29 is 19.2 Å². The molecule has 2 aromatic rings. The lowest BCUT2D eigenvalue weighted by Crippen LogP contribution is -3.17. The van der Waals surface area contributed by atoms with Crippen molar-refractivity contribution in [2.24, 2.45) is 5.92 Å². The van der Waals surface area contributed by atoms with Gasteiger partial charge >= 0.3 is 0 Å². The largest absolute Gasteiger partial charge is 0.497 e. The van der Waals surface area contributed by atoms with E-state index in [0.29, 0.717) is 13.0 Å². The van der Waals surface area contributed by atoms with Crippen LogP contribution >= 0.6 is 0 Å². The third-order valence-corrected chi connectivity index (χ3v) is 6.90. The number of nitrogens with one attached hydrogen (secondary N) is 1. The highest BCUT2D eigenvalue weighted by molar-refractivity contribution is 6.04. The van der Waals surface area contributed by atoms with E-state index in [-0.39, 0.29) is 17.9 Å². The number of likely N-dealkylation sites (tertiary alicyclic amines) is 2. The maximum atomic E-state index is 13.0. The minimum atomic E-state index is -0.198. The van der Waals surface area contributed by atoms with Crippen LogP contribution in [0.3, 0.4) is 0 Å². The number of carbonyl (C=O) groups excluding carboxylic acids is 2. The van der Waals surface area contributed by atoms with Gasteiger partial charge in [0.1, 0.15) is 5.75 Å². The Morgan fingerprint density at radius 3 is 2.35 bits per heavy atom. The third-order valence-electron chi connectivity index (χ3n) is 6.90. The summed E-state index contributed by atoms with van der Waals surface area (Å²) in [5.74, 6) is 1.48. The third kappa shape index (κ3) is 5.34. The summed E-state index contributed by atoms with van der Waals surface area (Å²) in [7, 11) is 1.63. The Morgan fingerprint density at radius 1 is 0.968 bits per heavy atom. The second-order valence-electron chi connectivity index (χ2n) is 8.90. The molecule has 1 N–H and O–H groups in total. The van der Waals surface area contributed by atoms with E-state index < -0.39 is 0 Å². The first-order valence-corrected chi connectivity index (χ1v) is 11.5. The molecule has 0 spiro atoms. The topological polar surface area (TPSA) is 51.0 Å². The number of hydrogen-bond acceptors (Lipinski definition) is 3. The molecule has 2 heterocycles. The fourth-order valence-electron chi connectivity index (χ4n) is 5.01. The van der Waals surface area contributed by atoms with E-state index >= 15 is 0 Å².